The molecule has 0 spiro atoms. The molecule has 7 aromatic rings. The first kappa shape index (κ1) is 21.5. The van der Waals surface area contributed by atoms with Crippen LogP contribution in [0.2, 0.25) is 0 Å². The van der Waals surface area contributed by atoms with Gasteiger partial charge in [-0.25, -0.2) is 0 Å². The molecular weight excluding hydrogens is 615 g/mol. The van der Waals surface area contributed by atoms with Gasteiger partial charge in [0.05, 0.1) is 11.3 Å². The van der Waals surface area contributed by atoms with Gasteiger partial charge in [0.25, 0.3) is 0 Å². The molecule has 0 saturated heterocycles. The van der Waals surface area contributed by atoms with Crippen LogP contribution in [0.4, 0.5) is 0 Å². The van der Waals surface area contributed by atoms with Crippen LogP contribution in [-0.2, 0) is 21.1 Å². The zero-order valence-electron chi connectivity index (χ0n) is 18.3. The van der Waals surface area contributed by atoms with E-state index in [1.165, 1.54) is 0 Å². The van der Waals surface area contributed by atoms with Crippen molar-refractivity contribution in [1.29, 1.82) is 0 Å². The van der Waals surface area contributed by atoms with Crippen LogP contribution < -0.4 is 4.74 Å². The first-order valence-electron chi connectivity index (χ1n) is 11.0. The van der Waals surface area contributed by atoms with Gasteiger partial charge in [0.15, 0.2) is 0 Å². The number of hydrogen-bond acceptors (Lipinski definition) is 4. The number of furan rings is 1. The van der Waals surface area contributed by atoms with Crippen LogP contribution in [0.25, 0.3) is 54.9 Å². The van der Waals surface area contributed by atoms with Crippen molar-refractivity contribution >= 4 is 43.6 Å². The summed E-state index contributed by atoms with van der Waals surface area (Å²) in [6.07, 6.45) is 3.57. The molecule has 0 fully saturated rings. The fourth-order valence-electron chi connectivity index (χ4n) is 4.46. The largest absolute Gasteiger partial charge is 2.00 e. The molecule has 0 saturated carbocycles. The molecule has 0 atom stereocenters. The Bertz CT molecular complexity index is 1840. The first-order valence-corrected chi connectivity index (χ1v) is 11.0. The molecule has 3 heterocycles. The molecule has 4 aromatic carbocycles. The van der Waals surface area contributed by atoms with Gasteiger partial charge < -0.3 is 19.1 Å². The number of ether oxygens (including phenoxy) is 1. The van der Waals surface area contributed by atoms with E-state index in [2.05, 4.69) is 34.2 Å². The summed E-state index contributed by atoms with van der Waals surface area (Å²) < 4.78 is 12.8. The Morgan fingerprint density at radius 3 is 2.51 bits per heavy atom. The minimum absolute atomic E-state index is 0. The molecule has 0 N–H and O–H groups in total. The van der Waals surface area contributed by atoms with Gasteiger partial charge >= 0.3 is 21.1 Å². The standard InChI is InChI=1S/C30H16N2O2.Pt/c1-2-12-26-23(10-1)28-27(33-21-9-5-7-20(17-21)25-11-3-4-15-31-25)18-24-22(30(28)34-26)14-13-19-8-6-16-32-29(19)24;/h1-16H;/q-2;+2. The summed E-state index contributed by atoms with van der Waals surface area (Å²) in [4.78, 5) is 9.06. The van der Waals surface area contributed by atoms with E-state index in [1.807, 2.05) is 72.8 Å². The molecule has 4 nitrogen and oxygen atoms in total. The Morgan fingerprint density at radius 2 is 1.60 bits per heavy atom. The van der Waals surface area contributed by atoms with Crippen molar-refractivity contribution in [2.24, 2.45) is 0 Å². The summed E-state index contributed by atoms with van der Waals surface area (Å²) >= 11 is 0. The van der Waals surface area contributed by atoms with Crippen molar-refractivity contribution in [3.63, 3.8) is 0 Å². The molecular formula is C30H16N2O2Pt. The number of hydrogen-bond donors (Lipinski definition) is 0. The smallest absolute Gasteiger partial charge is 0.496 e. The van der Waals surface area contributed by atoms with Gasteiger partial charge in [-0.15, -0.1) is 29.1 Å². The maximum atomic E-state index is 6.45. The average Bonchev–Trinajstić information content (AvgIpc) is 3.30. The summed E-state index contributed by atoms with van der Waals surface area (Å²) in [6, 6.07) is 34.6. The molecule has 35 heavy (non-hydrogen) atoms. The van der Waals surface area contributed by atoms with Gasteiger partial charge in [0, 0.05) is 18.1 Å². The minimum Gasteiger partial charge on any atom is -0.496 e. The number of aromatic nitrogens is 2. The van der Waals surface area contributed by atoms with Crippen LogP contribution >= 0.6 is 0 Å². The quantitative estimate of drug-likeness (QED) is 0.148. The van der Waals surface area contributed by atoms with Crippen molar-refractivity contribution in [3.8, 4) is 22.8 Å². The summed E-state index contributed by atoms with van der Waals surface area (Å²) in [5.74, 6) is 1.17. The van der Waals surface area contributed by atoms with Gasteiger partial charge in [-0.05, 0) is 45.6 Å². The molecule has 0 unspecified atom stereocenters. The Morgan fingerprint density at radius 1 is 0.714 bits per heavy atom. The fourth-order valence-corrected chi connectivity index (χ4v) is 4.46. The van der Waals surface area contributed by atoms with E-state index in [-0.39, 0.29) is 21.1 Å². The number of pyridine rings is 2. The maximum Gasteiger partial charge on any atom is 2.00 e. The molecule has 0 radical (unpaired) electrons. The predicted octanol–water partition coefficient (Wildman–Crippen LogP) is 7.74. The van der Waals surface area contributed by atoms with Crippen molar-refractivity contribution in [3.05, 3.63) is 109 Å². The van der Waals surface area contributed by atoms with E-state index in [9.17, 15) is 0 Å². The van der Waals surface area contributed by atoms with E-state index < -0.39 is 0 Å². The maximum absolute atomic E-state index is 6.45. The van der Waals surface area contributed by atoms with Gasteiger partial charge in [-0.2, -0.15) is 0 Å². The SMILES string of the molecule is [Pt+2].[c-]1c(Oc2[c-]c3c(ccc4cccnc43)c3oc4ccccc4c23)cccc1-c1ccccn1. The van der Waals surface area contributed by atoms with Crippen molar-refractivity contribution in [2.75, 3.05) is 0 Å². The van der Waals surface area contributed by atoms with Crippen LogP contribution in [-0.4, -0.2) is 9.97 Å². The molecule has 0 aliphatic heterocycles. The number of rotatable bonds is 3. The number of fused-ring (bicyclic) bond motifs is 7. The monoisotopic (exact) mass is 631 g/mol. The van der Waals surface area contributed by atoms with Gasteiger partial charge in [0.2, 0.25) is 0 Å². The number of nitrogens with zero attached hydrogens (tertiary/aromatic N) is 2. The average molecular weight is 632 g/mol. The summed E-state index contributed by atoms with van der Waals surface area (Å²) in [7, 11) is 0. The first-order chi connectivity index (χ1) is 16.8. The molecule has 0 aliphatic carbocycles. The van der Waals surface area contributed by atoms with E-state index in [0.717, 1.165) is 54.9 Å². The minimum atomic E-state index is 0. The third-order valence-electron chi connectivity index (χ3n) is 6.00. The van der Waals surface area contributed by atoms with Crippen LogP contribution in [0.5, 0.6) is 11.5 Å². The Kier molecular flexibility index (Phi) is 5.32. The Balaban J connectivity index is 0.00000229. The molecule has 0 aliphatic rings. The summed E-state index contributed by atoms with van der Waals surface area (Å²) in [5.41, 5.74) is 4.12. The van der Waals surface area contributed by atoms with E-state index >= 15 is 0 Å². The Hall–Kier alpha value is -4.01. The second kappa shape index (κ2) is 8.65. The van der Waals surface area contributed by atoms with Crippen LogP contribution in [0.1, 0.15) is 0 Å². The van der Waals surface area contributed by atoms with Crippen molar-refractivity contribution in [1.82, 2.24) is 9.97 Å². The van der Waals surface area contributed by atoms with Crippen LogP contribution in [0.15, 0.2) is 102 Å². The second-order valence-electron chi connectivity index (χ2n) is 8.07. The summed E-state index contributed by atoms with van der Waals surface area (Å²) in [5, 5.41) is 4.72. The van der Waals surface area contributed by atoms with E-state index in [4.69, 9.17) is 9.15 Å². The molecule has 5 heteroatoms. The topological polar surface area (TPSA) is 48.2 Å². The van der Waals surface area contributed by atoms with Crippen molar-refractivity contribution < 1.29 is 30.2 Å². The van der Waals surface area contributed by atoms with E-state index in [1.54, 1.807) is 12.4 Å². The number of benzene rings is 4. The molecule has 168 valence electrons. The normalized spacial score (nSPS) is 11.2. The summed E-state index contributed by atoms with van der Waals surface area (Å²) in [6.45, 7) is 0. The number of para-hydroxylation sites is 1. The molecule has 0 bridgehead atoms. The van der Waals surface area contributed by atoms with Gasteiger partial charge in [0.1, 0.15) is 5.58 Å². The zero-order valence-corrected chi connectivity index (χ0v) is 20.5. The predicted molar refractivity (Wildman–Crippen MR) is 134 cm³/mol. The van der Waals surface area contributed by atoms with Crippen LogP contribution in [0.3, 0.4) is 0 Å². The molecule has 3 aromatic heterocycles. The third kappa shape index (κ3) is 3.58. The van der Waals surface area contributed by atoms with Gasteiger partial charge in [-0.3, -0.25) is 0 Å². The second-order valence-corrected chi connectivity index (χ2v) is 8.07. The van der Waals surface area contributed by atoms with Crippen LogP contribution in [0, 0.1) is 12.1 Å². The third-order valence-corrected chi connectivity index (χ3v) is 6.00. The van der Waals surface area contributed by atoms with Gasteiger partial charge in [-0.1, -0.05) is 66.0 Å². The fraction of sp³-hybridized carbons (Fsp3) is 0. The zero-order chi connectivity index (χ0) is 22.5. The molecule has 0 amide bonds. The van der Waals surface area contributed by atoms with Crippen molar-refractivity contribution in [2.45, 2.75) is 0 Å². The van der Waals surface area contributed by atoms with E-state index in [0.29, 0.717) is 11.5 Å². The molecule has 7 rings (SSSR count). The Labute approximate surface area is 215 Å².